The van der Waals surface area contributed by atoms with Crippen molar-refractivity contribution in [1.82, 2.24) is 4.90 Å². The predicted molar refractivity (Wildman–Crippen MR) is 106 cm³/mol. The second kappa shape index (κ2) is 7.66. The maximum absolute atomic E-state index is 12.9. The lowest BCUT2D eigenvalue weighted by Gasteiger charge is -2.39. The summed E-state index contributed by atoms with van der Waals surface area (Å²) in [4.78, 5) is 26.0. The quantitative estimate of drug-likeness (QED) is 0.839. The molecule has 1 amide bonds. The van der Waals surface area contributed by atoms with E-state index >= 15 is 0 Å². The maximum Gasteiger partial charge on any atom is 0.410 e. The minimum atomic E-state index is -0.952. The van der Waals surface area contributed by atoms with Crippen LogP contribution in [-0.4, -0.2) is 40.8 Å². The molecule has 1 aliphatic carbocycles. The molecular weight excluding hydrogens is 354 g/mol. The zero-order valence-corrected chi connectivity index (χ0v) is 16.0. The van der Waals surface area contributed by atoms with Crippen LogP contribution in [0, 0.1) is 0 Å². The highest BCUT2D eigenvalue weighted by atomic mass is 16.6. The zero-order valence-electron chi connectivity index (χ0n) is 16.0. The van der Waals surface area contributed by atoms with E-state index in [4.69, 9.17) is 4.74 Å². The summed E-state index contributed by atoms with van der Waals surface area (Å²) in [7, 11) is 0. The van der Waals surface area contributed by atoms with Crippen molar-refractivity contribution in [3.8, 4) is 11.1 Å². The van der Waals surface area contributed by atoms with Gasteiger partial charge in [-0.2, -0.15) is 0 Å². The van der Waals surface area contributed by atoms with Gasteiger partial charge in [0.2, 0.25) is 0 Å². The first-order valence-electron chi connectivity index (χ1n) is 9.98. The number of amides is 1. The molecule has 2 aromatic rings. The van der Waals surface area contributed by atoms with E-state index in [1.165, 1.54) is 16.0 Å². The summed E-state index contributed by atoms with van der Waals surface area (Å²) in [5.74, 6) is -0.976. The Hall–Kier alpha value is -2.82. The molecule has 4 rings (SSSR count). The number of fused-ring (bicyclic) bond motifs is 3. The van der Waals surface area contributed by atoms with Crippen LogP contribution in [0.3, 0.4) is 0 Å². The number of ether oxygens (including phenoxy) is 1. The average Bonchev–Trinajstić information content (AvgIpc) is 3.05. The fourth-order valence-corrected chi connectivity index (χ4v) is 4.67. The lowest BCUT2D eigenvalue weighted by atomic mass is 9.94. The van der Waals surface area contributed by atoms with Gasteiger partial charge in [-0.25, -0.2) is 9.59 Å². The van der Waals surface area contributed by atoms with Crippen LogP contribution in [0.2, 0.25) is 0 Å². The SMILES string of the molecule is CC[C@@H]1CCC[C@H](C(=O)O)N1C(=O)OCC1c2ccccc2-c2ccccc21. The molecule has 146 valence electrons. The molecule has 5 heteroatoms. The molecule has 1 fully saturated rings. The zero-order chi connectivity index (χ0) is 19.7. The molecule has 28 heavy (non-hydrogen) atoms. The number of carbonyl (C=O) groups is 2. The topological polar surface area (TPSA) is 66.8 Å². The Morgan fingerprint density at radius 3 is 2.21 bits per heavy atom. The summed E-state index contributed by atoms with van der Waals surface area (Å²) in [5, 5.41) is 9.56. The summed E-state index contributed by atoms with van der Waals surface area (Å²) in [6.07, 6.45) is 2.35. The first-order valence-corrected chi connectivity index (χ1v) is 9.98. The molecule has 1 aliphatic heterocycles. The van der Waals surface area contributed by atoms with E-state index in [1.807, 2.05) is 31.2 Å². The largest absolute Gasteiger partial charge is 0.480 e. The van der Waals surface area contributed by atoms with Crippen LogP contribution in [0.15, 0.2) is 48.5 Å². The molecule has 0 aromatic heterocycles. The molecular formula is C23H25NO4. The molecule has 2 atom stereocenters. The number of carboxylic acid groups (broad SMARTS) is 1. The van der Waals surface area contributed by atoms with Crippen molar-refractivity contribution in [2.24, 2.45) is 0 Å². The van der Waals surface area contributed by atoms with Crippen molar-refractivity contribution >= 4 is 12.1 Å². The van der Waals surface area contributed by atoms with Crippen molar-refractivity contribution in [3.05, 3.63) is 59.7 Å². The number of rotatable bonds is 4. The highest BCUT2D eigenvalue weighted by molar-refractivity contribution is 5.81. The van der Waals surface area contributed by atoms with E-state index in [2.05, 4.69) is 24.3 Å². The van der Waals surface area contributed by atoms with E-state index in [0.717, 1.165) is 30.4 Å². The van der Waals surface area contributed by atoms with Crippen molar-refractivity contribution in [3.63, 3.8) is 0 Å². The van der Waals surface area contributed by atoms with Gasteiger partial charge in [0.15, 0.2) is 0 Å². The van der Waals surface area contributed by atoms with Crippen LogP contribution in [-0.2, 0) is 9.53 Å². The molecule has 2 aliphatic rings. The van der Waals surface area contributed by atoms with E-state index in [9.17, 15) is 14.7 Å². The Morgan fingerprint density at radius 1 is 1.04 bits per heavy atom. The number of hydrogen-bond donors (Lipinski definition) is 1. The molecule has 1 N–H and O–H groups in total. The van der Waals surface area contributed by atoms with Crippen LogP contribution in [0.25, 0.3) is 11.1 Å². The molecule has 1 heterocycles. The number of aliphatic carboxylic acids is 1. The van der Waals surface area contributed by atoms with Gasteiger partial charge in [0, 0.05) is 12.0 Å². The minimum absolute atomic E-state index is 0.0236. The van der Waals surface area contributed by atoms with Gasteiger partial charge in [-0.1, -0.05) is 55.5 Å². The molecule has 0 spiro atoms. The third kappa shape index (κ3) is 3.15. The first kappa shape index (κ1) is 18.5. The van der Waals surface area contributed by atoms with Crippen LogP contribution in [0.4, 0.5) is 4.79 Å². The Balaban J connectivity index is 1.55. The van der Waals surface area contributed by atoms with Crippen molar-refractivity contribution in [2.75, 3.05) is 6.61 Å². The number of hydrogen-bond acceptors (Lipinski definition) is 3. The second-order valence-corrected chi connectivity index (χ2v) is 7.56. The predicted octanol–water partition coefficient (Wildman–Crippen LogP) is 4.65. The smallest absolute Gasteiger partial charge is 0.410 e. The standard InChI is InChI=1S/C23H25NO4/c1-2-15-8-7-13-21(22(25)26)24(15)23(27)28-14-20-18-11-5-3-9-16(18)17-10-4-6-12-19(17)20/h3-6,9-12,15,20-21H,2,7-8,13-14H2,1H3,(H,25,26)/t15-,21-/m1/s1. The van der Waals surface area contributed by atoms with Gasteiger partial charge in [0.25, 0.3) is 0 Å². The van der Waals surface area contributed by atoms with Gasteiger partial charge in [0.05, 0.1) is 0 Å². The normalized spacial score (nSPS) is 21.1. The highest BCUT2D eigenvalue weighted by Crippen LogP contribution is 2.44. The highest BCUT2D eigenvalue weighted by Gasteiger charge is 2.39. The number of benzene rings is 2. The summed E-state index contributed by atoms with van der Waals surface area (Å²) in [6.45, 7) is 2.20. The Kier molecular flexibility index (Phi) is 5.07. The van der Waals surface area contributed by atoms with Crippen molar-refractivity contribution in [2.45, 2.75) is 50.6 Å². The maximum atomic E-state index is 12.9. The minimum Gasteiger partial charge on any atom is -0.480 e. The van der Waals surface area contributed by atoms with Gasteiger partial charge in [0.1, 0.15) is 12.6 Å². The van der Waals surface area contributed by atoms with Gasteiger partial charge < -0.3 is 9.84 Å². The van der Waals surface area contributed by atoms with E-state index < -0.39 is 18.1 Å². The first-order chi connectivity index (χ1) is 13.6. The Morgan fingerprint density at radius 2 is 1.64 bits per heavy atom. The number of carbonyl (C=O) groups excluding carboxylic acids is 1. The van der Waals surface area contributed by atoms with Crippen LogP contribution < -0.4 is 0 Å². The fourth-order valence-electron chi connectivity index (χ4n) is 4.67. The van der Waals surface area contributed by atoms with E-state index in [-0.39, 0.29) is 18.6 Å². The van der Waals surface area contributed by atoms with E-state index in [1.54, 1.807) is 0 Å². The van der Waals surface area contributed by atoms with E-state index in [0.29, 0.717) is 6.42 Å². The van der Waals surface area contributed by atoms with Crippen LogP contribution in [0.5, 0.6) is 0 Å². The van der Waals surface area contributed by atoms with Crippen LogP contribution in [0.1, 0.15) is 49.7 Å². The monoisotopic (exact) mass is 379 g/mol. The van der Waals surface area contributed by atoms with Gasteiger partial charge >= 0.3 is 12.1 Å². The summed E-state index contributed by atoms with van der Waals surface area (Å²) >= 11 is 0. The Labute approximate surface area is 164 Å². The Bertz CT molecular complexity index is 848. The van der Waals surface area contributed by atoms with Gasteiger partial charge in [-0.05, 0) is 47.9 Å². The molecule has 5 nitrogen and oxygen atoms in total. The second-order valence-electron chi connectivity index (χ2n) is 7.56. The summed E-state index contributed by atoms with van der Waals surface area (Å²) in [5.41, 5.74) is 4.65. The molecule has 0 radical (unpaired) electrons. The summed E-state index contributed by atoms with van der Waals surface area (Å²) < 4.78 is 5.72. The lowest BCUT2D eigenvalue weighted by Crippen LogP contribution is -2.53. The molecule has 0 unspecified atom stereocenters. The molecule has 2 aromatic carbocycles. The number of likely N-dealkylation sites (tertiary alicyclic amines) is 1. The third-order valence-corrected chi connectivity index (χ3v) is 6.05. The number of piperidine rings is 1. The summed E-state index contributed by atoms with van der Waals surface area (Å²) in [6, 6.07) is 15.5. The molecule has 0 bridgehead atoms. The fraction of sp³-hybridized carbons (Fsp3) is 0.391. The van der Waals surface area contributed by atoms with Gasteiger partial charge in [-0.15, -0.1) is 0 Å². The van der Waals surface area contributed by atoms with Crippen molar-refractivity contribution < 1.29 is 19.4 Å². The van der Waals surface area contributed by atoms with Crippen LogP contribution >= 0.6 is 0 Å². The molecule has 1 saturated heterocycles. The molecule has 0 saturated carbocycles. The average molecular weight is 379 g/mol. The number of nitrogens with zero attached hydrogens (tertiary/aromatic N) is 1. The van der Waals surface area contributed by atoms with Gasteiger partial charge in [-0.3, -0.25) is 4.90 Å². The number of carboxylic acids is 1. The lowest BCUT2D eigenvalue weighted by molar-refractivity contribution is -0.145. The van der Waals surface area contributed by atoms with Crippen molar-refractivity contribution in [1.29, 1.82) is 0 Å². The third-order valence-electron chi connectivity index (χ3n) is 6.05.